The fraction of sp³-hybridized carbons (Fsp3) is 0.0952. The molecule has 0 saturated heterocycles. The van der Waals surface area contributed by atoms with Gasteiger partial charge in [0.25, 0.3) is 0 Å². The van der Waals surface area contributed by atoms with Crippen molar-refractivity contribution in [3.8, 4) is 0 Å². The first-order valence-corrected chi connectivity index (χ1v) is 8.71. The Morgan fingerprint density at radius 2 is 1.93 bits per heavy atom. The van der Waals surface area contributed by atoms with Crippen LogP contribution in [0.4, 0.5) is 28.7 Å². The molecule has 2 aromatic carbocycles. The van der Waals surface area contributed by atoms with Crippen molar-refractivity contribution in [3.63, 3.8) is 0 Å². The lowest BCUT2D eigenvalue weighted by Crippen LogP contribution is -2.15. The number of anilines is 5. The summed E-state index contributed by atoms with van der Waals surface area (Å²) in [5.41, 5.74) is 4.03. The van der Waals surface area contributed by atoms with Gasteiger partial charge in [-0.25, -0.2) is 9.97 Å². The normalized spacial score (nSPS) is 12.4. The van der Waals surface area contributed by atoms with Crippen molar-refractivity contribution in [1.82, 2.24) is 9.97 Å². The van der Waals surface area contributed by atoms with E-state index >= 15 is 0 Å². The van der Waals surface area contributed by atoms with Crippen LogP contribution in [0.25, 0.3) is 0 Å². The van der Waals surface area contributed by atoms with Gasteiger partial charge < -0.3 is 15.5 Å². The van der Waals surface area contributed by atoms with E-state index < -0.39 is 0 Å². The highest BCUT2D eigenvalue weighted by Crippen LogP contribution is 2.33. The van der Waals surface area contributed by atoms with Gasteiger partial charge in [-0.05, 0) is 42.3 Å². The first kappa shape index (κ1) is 16.8. The Bertz CT molecular complexity index is 1000. The highest BCUT2D eigenvalue weighted by atomic mass is 16.1. The lowest BCUT2D eigenvalue weighted by Gasteiger charge is -2.18. The summed E-state index contributed by atoms with van der Waals surface area (Å²) < 4.78 is 0. The predicted molar refractivity (Wildman–Crippen MR) is 108 cm³/mol. The van der Waals surface area contributed by atoms with Gasteiger partial charge in [0.05, 0.1) is 0 Å². The summed E-state index contributed by atoms with van der Waals surface area (Å²) in [4.78, 5) is 22.4. The second-order valence-corrected chi connectivity index (χ2v) is 6.19. The molecule has 1 aliphatic rings. The molecule has 0 unspecified atom stereocenters. The van der Waals surface area contributed by atoms with Crippen molar-refractivity contribution in [2.45, 2.75) is 6.42 Å². The summed E-state index contributed by atoms with van der Waals surface area (Å²) in [5.74, 6) is 1.30. The number of hydrogen-bond donors (Lipinski definition) is 2. The monoisotopic (exact) mass is 357 g/mol. The minimum atomic E-state index is -0.246. The molecule has 6 heteroatoms. The van der Waals surface area contributed by atoms with Crippen LogP contribution in [0, 0.1) is 0 Å². The largest absolute Gasteiger partial charge is 0.340 e. The number of benzene rings is 2. The highest BCUT2D eigenvalue weighted by Gasteiger charge is 2.21. The molecule has 0 fully saturated rings. The molecule has 3 aromatic rings. The molecule has 2 N–H and O–H groups in total. The third-order valence-corrected chi connectivity index (χ3v) is 4.40. The van der Waals surface area contributed by atoms with Gasteiger partial charge in [-0.1, -0.05) is 30.8 Å². The van der Waals surface area contributed by atoms with Crippen molar-refractivity contribution < 1.29 is 4.79 Å². The molecule has 1 aliphatic heterocycles. The Kier molecular flexibility index (Phi) is 4.53. The van der Waals surface area contributed by atoms with Gasteiger partial charge in [0.2, 0.25) is 5.91 Å². The van der Waals surface area contributed by atoms with E-state index in [0.717, 1.165) is 24.5 Å². The Morgan fingerprint density at radius 1 is 1.07 bits per heavy atom. The molecule has 4 rings (SSSR count). The van der Waals surface area contributed by atoms with Gasteiger partial charge in [0, 0.05) is 29.7 Å². The minimum Gasteiger partial charge on any atom is -0.340 e. The zero-order valence-corrected chi connectivity index (χ0v) is 14.7. The Labute approximate surface area is 157 Å². The van der Waals surface area contributed by atoms with E-state index in [0.29, 0.717) is 11.5 Å². The van der Waals surface area contributed by atoms with Crippen LogP contribution in [-0.4, -0.2) is 22.4 Å². The average Bonchev–Trinajstić information content (AvgIpc) is 3.12. The van der Waals surface area contributed by atoms with Gasteiger partial charge >= 0.3 is 0 Å². The van der Waals surface area contributed by atoms with Crippen molar-refractivity contribution in [2.75, 3.05) is 22.1 Å². The van der Waals surface area contributed by atoms with Crippen molar-refractivity contribution in [1.29, 1.82) is 0 Å². The zero-order chi connectivity index (χ0) is 18.6. The molecule has 2 heterocycles. The minimum absolute atomic E-state index is 0.246. The van der Waals surface area contributed by atoms with Gasteiger partial charge in [-0.15, -0.1) is 0 Å². The number of rotatable bonds is 5. The fourth-order valence-electron chi connectivity index (χ4n) is 3.16. The van der Waals surface area contributed by atoms with Crippen LogP contribution < -0.4 is 15.5 Å². The van der Waals surface area contributed by atoms with Crippen LogP contribution in [0.2, 0.25) is 0 Å². The van der Waals surface area contributed by atoms with Crippen molar-refractivity contribution in [3.05, 3.63) is 79.1 Å². The zero-order valence-electron chi connectivity index (χ0n) is 14.7. The number of nitrogens with one attached hydrogen (secondary N) is 2. The predicted octanol–water partition coefficient (Wildman–Crippen LogP) is 4.04. The van der Waals surface area contributed by atoms with Crippen LogP contribution in [0.1, 0.15) is 5.56 Å². The summed E-state index contributed by atoms with van der Waals surface area (Å²) in [6, 6.07) is 17.7. The van der Waals surface area contributed by atoms with Crippen LogP contribution in [0.15, 0.2) is 73.6 Å². The first-order valence-electron chi connectivity index (χ1n) is 8.71. The van der Waals surface area contributed by atoms with E-state index in [1.165, 1.54) is 17.3 Å². The van der Waals surface area contributed by atoms with Gasteiger partial charge in [-0.3, -0.25) is 4.79 Å². The summed E-state index contributed by atoms with van der Waals surface area (Å²) in [7, 11) is 0. The number of aromatic nitrogens is 2. The van der Waals surface area contributed by atoms with Crippen LogP contribution in [0.3, 0.4) is 0 Å². The smallest absolute Gasteiger partial charge is 0.247 e. The summed E-state index contributed by atoms with van der Waals surface area (Å²) in [5, 5.41) is 6.02. The number of fused-ring (bicyclic) bond motifs is 1. The average molecular weight is 357 g/mol. The first-order chi connectivity index (χ1) is 13.2. The lowest BCUT2D eigenvalue weighted by molar-refractivity contribution is -0.111. The molecule has 0 spiro atoms. The second kappa shape index (κ2) is 7.29. The SMILES string of the molecule is C=CC(=O)Nc1cccc(Nc2cc(N3CCc4ccccc43)ncn2)c1. The van der Waals surface area contributed by atoms with Crippen molar-refractivity contribution >= 4 is 34.6 Å². The number of carbonyl (C=O) groups excluding carboxylic acids is 1. The number of para-hydroxylation sites is 1. The maximum absolute atomic E-state index is 11.5. The van der Waals surface area contributed by atoms with E-state index in [-0.39, 0.29) is 5.91 Å². The molecule has 27 heavy (non-hydrogen) atoms. The van der Waals surface area contributed by atoms with Crippen LogP contribution in [-0.2, 0) is 11.2 Å². The second-order valence-electron chi connectivity index (χ2n) is 6.19. The van der Waals surface area contributed by atoms with Gasteiger partial charge in [-0.2, -0.15) is 0 Å². The Morgan fingerprint density at radius 3 is 2.81 bits per heavy atom. The summed E-state index contributed by atoms with van der Waals surface area (Å²) in [6.07, 6.45) is 3.81. The fourth-order valence-corrected chi connectivity index (χ4v) is 3.16. The quantitative estimate of drug-likeness (QED) is 0.675. The van der Waals surface area contributed by atoms with Crippen molar-refractivity contribution in [2.24, 2.45) is 0 Å². The van der Waals surface area contributed by atoms with Gasteiger partial charge in [0.15, 0.2) is 0 Å². The Hall–Kier alpha value is -3.67. The van der Waals surface area contributed by atoms with E-state index in [1.54, 1.807) is 6.33 Å². The van der Waals surface area contributed by atoms with Crippen LogP contribution >= 0.6 is 0 Å². The molecule has 0 atom stereocenters. The highest BCUT2D eigenvalue weighted by molar-refractivity contribution is 5.99. The number of hydrogen-bond acceptors (Lipinski definition) is 5. The maximum atomic E-state index is 11.5. The third-order valence-electron chi connectivity index (χ3n) is 4.40. The van der Waals surface area contributed by atoms with Gasteiger partial charge in [0.1, 0.15) is 18.0 Å². The molecule has 0 aliphatic carbocycles. The molecule has 134 valence electrons. The standard InChI is InChI=1S/C21H19N5O/c1-2-21(27)25-17-8-5-7-16(12-17)24-19-13-20(23-14-22-19)26-11-10-15-6-3-4-9-18(15)26/h2-9,12-14H,1,10-11H2,(H,25,27)(H,22,23,24). The number of amides is 1. The van der Waals surface area contributed by atoms with E-state index in [1.807, 2.05) is 36.4 Å². The van der Waals surface area contributed by atoms with E-state index in [4.69, 9.17) is 0 Å². The molecule has 0 radical (unpaired) electrons. The third kappa shape index (κ3) is 3.64. The summed E-state index contributed by atoms with van der Waals surface area (Å²) >= 11 is 0. The molecule has 0 bridgehead atoms. The molecular formula is C21H19N5O. The molecular weight excluding hydrogens is 338 g/mol. The molecule has 0 saturated carbocycles. The van der Waals surface area contributed by atoms with E-state index in [2.05, 4.69) is 50.3 Å². The van der Waals surface area contributed by atoms with Crippen LogP contribution in [0.5, 0.6) is 0 Å². The summed E-state index contributed by atoms with van der Waals surface area (Å²) in [6.45, 7) is 4.36. The Balaban J connectivity index is 1.55. The molecule has 1 amide bonds. The number of nitrogens with zero attached hydrogens (tertiary/aromatic N) is 3. The topological polar surface area (TPSA) is 70.2 Å². The maximum Gasteiger partial charge on any atom is 0.247 e. The molecule has 6 nitrogen and oxygen atoms in total. The molecule has 1 aromatic heterocycles. The number of carbonyl (C=O) groups is 1. The van der Waals surface area contributed by atoms with E-state index in [9.17, 15) is 4.79 Å². The lowest BCUT2D eigenvalue weighted by atomic mass is 10.2.